The van der Waals surface area contributed by atoms with Gasteiger partial charge in [0.25, 0.3) is 0 Å². The highest BCUT2D eigenvalue weighted by atomic mass is 32.1. The molecule has 7 nitrogen and oxygen atoms in total. The fourth-order valence-electron chi connectivity index (χ4n) is 3.75. The van der Waals surface area contributed by atoms with E-state index in [1.807, 2.05) is 47.4 Å². The Kier molecular flexibility index (Phi) is 6.29. The second-order valence-corrected chi connectivity index (χ2v) is 7.55. The summed E-state index contributed by atoms with van der Waals surface area (Å²) >= 11 is 5.58. The highest BCUT2D eigenvalue weighted by Gasteiger charge is 2.41. The molecule has 160 valence electrons. The van der Waals surface area contributed by atoms with Crippen LogP contribution < -0.4 is 5.32 Å². The standard InChI is InChI=1S/C23H23N3O4S/c1-29-22(28)16-8-6-15(7-9-16)18-10-11-19(30-18)21-20(17-5-2-3-12-24-17)25-23(31)26(21)13-4-14-27/h2-3,5-12,20-21,27H,4,13-14H2,1H3,(H,25,31)/t20-,21-/m0/s1. The predicted octanol–water partition coefficient (Wildman–Crippen LogP) is 3.48. The maximum absolute atomic E-state index is 11.7. The Morgan fingerprint density at radius 1 is 1.23 bits per heavy atom. The van der Waals surface area contributed by atoms with Gasteiger partial charge in [-0.05, 0) is 55.0 Å². The molecule has 0 saturated carbocycles. The van der Waals surface area contributed by atoms with Crippen LogP contribution in [0.5, 0.6) is 0 Å². The molecule has 2 N–H and O–H groups in total. The Balaban J connectivity index is 1.65. The summed E-state index contributed by atoms with van der Waals surface area (Å²) < 4.78 is 11.0. The Morgan fingerprint density at radius 3 is 2.71 bits per heavy atom. The van der Waals surface area contributed by atoms with E-state index in [1.165, 1.54) is 7.11 Å². The summed E-state index contributed by atoms with van der Waals surface area (Å²) in [5, 5.41) is 13.3. The van der Waals surface area contributed by atoms with Gasteiger partial charge in [-0.15, -0.1) is 0 Å². The molecule has 4 rings (SSSR count). The van der Waals surface area contributed by atoms with Gasteiger partial charge in [0, 0.05) is 24.9 Å². The summed E-state index contributed by atoms with van der Waals surface area (Å²) in [7, 11) is 1.36. The Hall–Kier alpha value is -3.23. The summed E-state index contributed by atoms with van der Waals surface area (Å²) in [5.74, 6) is 1.05. The van der Waals surface area contributed by atoms with Gasteiger partial charge in [0.15, 0.2) is 5.11 Å². The molecule has 2 aromatic heterocycles. The van der Waals surface area contributed by atoms with Crippen molar-refractivity contribution in [2.45, 2.75) is 18.5 Å². The van der Waals surface area contributed by atoms with Crippen molar-refractivity contribution in [1.29, 1.82) is 0 Å². The first-order chi connectivity index (χ1) is 15.1. The number of carbonyl (C=O) groups excluding carboxylic acids is 1. The van der Waals surface area contributed by atoms with Gasteiger partial charge in [-0.25, -0.2) is 4.79 Å². The zero-order valence-corrected chi connectivity index (χ0v) is 17.8. The van der Waals surface area contributed by atoms with Crippen molar-refractivity contribution in [3.63, 3.8) is 0 Å². The van der Waals surface area contributed by atoms with Gasteiger partial charge >= 0.3 is 5.97 Å². The van der Waals surface area contributed by atoms with E-state index in [1.54, 1.807) is 18.3 Å². The molecule has 2 atom stereocenters. The molecule has 0 spiro atoms. The number of aliphatic hydroxyl groups is 1. The number of carbonyl (C=O) groups is 1. The molecule has 1 aromatic carbocycles. The highest BCUT2D eigenvalue weighted by molar-refractivity contribution is 7.80. The van der Waals surface area contributed by atoms with Gasteiger partial charge in [0.1, 0.15) is 17.6 Å². The van der Waals surface area contributed by atoms with Crippen LogP contribution in [-0.4, -0.2) is 46.3 Å². The third-order valence-corrected chi connectivity index (χ3v) is 5.62. The SMILES string of the molecule is COC(=O)c1ccc(-c2ccc([C@H]3[C@H](c4ccccn4)NC(=S)N3CCCO)o2)cc1. The second kappa shape index (κ2) is 9.28. The van der Waals surface area contributed by atoms with E-state index < -0.39 is 0 Å². The normalized spacial score (nSPS) is 18.1. The van der Waals surface area contributed by atoms with E-state index in [9.17, 15) is 9.90 Å². The van der Waals surface area contributed by atoms with E-state index in [0.29, 0.717) is 29.4 Å². The van der Waals surface area contributed by atoms with Crippen LogP contribution in [0.1, 0.15) is 40.3 Å². The van der Waals surface area contributed by atoms with Crippen molar-refractivity contribution in [2.75, 3.05) is 20.3 Å². The van der Waals surface area contributed by atoms with E-state index in [0.717, 1.165) is 17.0 Å². The van der Waals surface area contributed by atoms with E-state index >= 15 is 0 Å². The number of benzene rings is 1. The Labute approximate surface area is 185 Å². The zero-order valence-electron chi connectivity index (χ0n) is 17.0. The van der Waals surface area contributed by atoms with Crippen LogP contribution in [-0.2, 0) is 4.74 Å². The quantitative estimate of drug-likeness (QED) is 0.429. The van der Waals surface area contributed by atoms with Gasteiger partial charge in [-0.1, -0.05) is 18.2 Å². The average molecular weight is 438 g/mol. The van der Waals surface area contributed by atoms with Crippen molar-refractivity contribution in [3.8, 4) is 11.3 Å². The van der Waals surface area contributed by atoms with Crippen molar-refractivity contribution in [2.24, 2.45) is 0 Å². The molecule has 3 aromatic rings. The van der Waals surface area contributed by atoms with Crippen molar-refractivity contribution in [3.05, 3.63) is 77.8 Å². The van der Waals surface area contributed by atoms with E-state index in [4.69, 9.17) is 21.4 Å². The molecule has 0 amide bonds. The number of nitrogens with one attached hydrogen (secondary N) is 1. The number of thiocarbonyl (C=S) groups is 1. The maximum atomic E-state index is 11.7. The first-order valence-electron chi connectivity index (χ1n) is 10.00. The molecule has 8 heteroatoms. The predicted molar refractivity (Wildman–Crippen MR) is 119 cm³/mol. The Morgan fingerprint density at radius 2 is 2.03 bits per heavy atom. The molecule has 0 unspecified atom stereocenters. The lowest BCUT2D eigenvalue weighted by molar-refractivity contribution is 0.0600. The molecule has 31 heavy (non-hydrogen) atoms. The van der Waals surface area contributed by atoms with Crippen LogP contribution >= 0.6 is 12.2 Å². The average Bonchev–Trinajstić information content (AvgIpc) is 3.42. The molecule has 1 aliphatic rings. The minimum atomic E-state index is -0.380. The summed E-state index contributed by atoms with van der Waals surface area (Å²) in [6, 6.07) is 16.3. The van der Waals surface area contributed by atoms with E-state index in [-0.39, 0.29) is 24.7 Å². The summed E-state index contributed by atoms with van der Waals surface area (Å²) in [4.78, 5) is 18.2. The lowest BCUT2D eigenvalue weighted by Crippen LogP contribution is -2.30. The lowest BCUT2D eigenvalue weighted by Gasteiger charge is -2.25. The van der Waals surface area contributed by atoms with Gasteiger partial charge in [0.2, 0.25) is 0 Å². The molecular formula is C23H23N3O4S. The number of aromatic nitrogens is 1. The van der Waals surface area contributed by atoms with Crippen LogP contribution in [0, 0.1) is 0 Å². The topological polar surface area (TPSA) is 87.8 Å². The van der Waals surface area contributed by atoms with Gasteiger partial charge in [0.05, 0.1) is 24.4 Å². The number of hydrogen-bond acceptors (Lipinski definition) is 6. The second-order valence-electron chi connectivity index (χ2n) is 7.17. The molecular weight excluding hydrogens is 414 g/mol. The molecule has 0 bridgehead atoms. The largest absolute Gasteiger partial charge is 0.465 e. The number of rotatable bonds is 7. The van der Waals surface area contributed by atoms with Gasteiger partial charge in [-0.2, -0.15) is 0 Å². The number of nitrogens with zero attached hydrogens (tertiary/aromatic N) is 2. The van der Waals surface area contributed by atoms with Crippen LogP contribution in [0.15, 0.2) is 65.2 Å². The molecule has 1 aliphatic heterocycles. The molecule has 0 aliphatic carbocycles. The van der Waals surface area contributed by atoms with Crippen molar-refractivity contribution < 1.29 is 19.1 Å². The van der Waals surface area contributed by atoms with Crippen LogP contribution in [0.25, 0.3) is 11.3 Å². The molecule has 0 radical (unpaired) electrons. The first kappa shape index (κ1) is 21.0. The summed E-state index contributed by atoms with van der Waals surface area (Å²) in [6.45, 7) is 0.677. The third kappa shape index (κ3) is 4.30. The zero-order chi connectivity index (χ0) is 21.8. The molecule has 1 fully saturated rings. The molecule has 3 heterocycles. The number of ether oxygens (including phenoxy) is 1. The van der Waals surface area contributed by atoms with Gasteiger partial charge in [-0.3, -0.25) is 4.98 Å². The number of esters is 1. The summed E-state index contributed by atoms with van der Waals surface area (Å²) in [5.41, 5.74) is 2.19. The monoisotopic (exact) mass is 437 g/mol. The summed E-state index contributed by atoms with van der Waals surface area (Å²) in [6.07, 6.45) is 2.35. The van der Waals surface area contributed by atoms with Crippen molar-refractivity contribution >= 4 is 23.3 Å². The fraction of sp³-hybridized carbons (Fsp3) is 0.261. The minimum Gasteiger partial charge on any atom is -0.465 e. The maximum Gasteiger partial charge on any atom is 0.337 e. The Bertz CT molecular complexity index is 1050. The lowest BCUT2D eigenvalue weighted by atomic mass is 10.0. The van der Waals surface area contributed by atoms with Crippen LogP contribution in [0.2, 0.25) is 0 Å². The molecule has 1 saturated heterocycles. The van der Waals surface area contributed by atoms with Gasteiger partial charge < -0.3 is 24.5 Å². The fourth-order valence-corrected chi connectivity index (χ4v) is 4.08. The highest BCUT2D eigenvalue weighted by Crippen LogP contribution is 2.40. The number of furan rings is 1. The van der Waals surface area contributed by atoms with Crippen LogP contribution in [0.4, 0.5) is 0 Å². The van der Waals surface area contributed by atoms with E-state index in [2.05, 4.69) is 10.3 Å². The van der Waals surface area contributed by atoms with Crippen molar-refractivity contribution in [1.82, 2.24) is 15.2 Å². The van der Waals surface area contributed by atoms with Crippen LogP contribution in [0.3, 0.4) is 0 Å². The minimum absolute atomic E-state index is 0.0794. The number of methoxy groups -OCH3 is 1. The first-order valence-corrected chi connectivity index (χ1v) is 10.4. The third-order valence-electron chi connectivity index (χ3n) is 5.26. The number of aliphatic hydroxyl groups excluding tert-OH is 1. The smallest absolute Gasteiger partial charge is 0.337 e. The number of pyridine rings is 1. The number of hydrogen-bond donors (Lipinski definition) is 2.